The number of fused-ring (bicyclic) bond motifs is 1. The summed E-state index contributed by atoms with van der Waals surface area (Å²) in [5.41, 5.74) is 5.84. The lowest BCUT2D eigenvalue weighted by Gasteiger charge is -2.18. The van der Waals surface area contributed by atoms with Crippen molar-refractivity contribution in [2.45, 2.75) is 45.8 Å². The van der Waals surface area contributed by atoms with E-state index in [1.807, 2.05) is 0 Å². The van der Waals surface area contributed by atoms with Gasteiger partial charge in [0, 0.05) is 10.6 Å². The van der Waals surface area contributed by atoms with E-state index in [1.165, 1.54) is 18.3 Å². The van der Waals surface area contributed by atoms with E-state index in [4.69, 9.17) is 5.73 Å². The minimum absolute atomic E-state index is 0.215. The quantitative estimate of drug-likeness (QED) is 0.826. The molecule has 3 N–H and O–H groups in total. The van der Waals surface area contributed by atoms with Crippen molar-refractivity contribution in [3.05, 3.63) is 33.5 Å². The Bertz CT molecular complexity index is 901. The first kappa shape index (κ1) is 19.4. The maximum Gasteiger partial charge on any atom is 0.435 e. The van der Waals surface area contributed by atoms with Crippen molar-refractivity contribution in [1.82, 2.24) is 9.78 Å². The Balaban J connectivity index is 1.81. The normalized spacial score (nSPS) is 16.9. The summed E-state index contributed by atoms with van der Waals surface area (Å²) in [4.78, 5) is 25.2. The van der Waals surface area contributed by atoms with Crippen LogP contribution in [0.3, 0.4) is 0 Å². The van der Waals surface area contributed by atoms with E-state index in [0.717, 1.165) is 34.0 Å². The first-order valence-electron chi connectivity index (χ1n) is 8.42. The molecule has 0 bridgehead atoms. The lowest BCUT2D eigenvalue weighted by atomic mass is 9.88. The van der Waals surface area contributed by atoms with Gasteiger partial charge in [-0.15, -0.1) is 11.3 Å². The van der Waals surface area contributed by atoms with Gasteiger partial charge < -0.3 is 11.1 Å². The van der Waals surface area contributed by atoms with Crippen molar-refractivity contribution in [1.29, 1.82) is 0 Å². The average molecular weight is 400 g/mol. The van der Waals surface area contributed by atoms with Gasteiger partial charge in [-0.3, -0.25) is 14.3 Å². The van der Waals surface area contributed by atoms with Crippen molar-refractivity contribution in [2.24, 2.45) is 11.7 Å². The summed E-state index contributed by atoms with van der Waals surface area (Å²) in [6.07, 6.45) is -2.11. The fraction of sp³-hybridized carbons (Fsp3) is 0.471. The molecule has 146 valence electrons. The molecule has 0 spiro atoms. The van der Waals surface area contributed by atoms with Gasteiger partial charge in [0.15, 0.2) is 5.69 Å². The molecule has 2 aromatic heterocycles. The number of carbonyl (C=O) groups excluding carboxylic acids is 2. The molecule has 0 radical (unpaired) electrons. The summed E-state index contributed by atoms with van der Waals surface area (Å²) in [6.45, 7) is 3.16. The van der Waals surface area contributed by atoms with Crippen LogP contribution in [-0.4, -0.2) is 21.6 Å². The molecule has 0 fully saturated rings. The molecule has 2 heterocycles. The lowest BCUT2D eigenvalue weighted by Crippen LogP contribution is -2.23. The highest BCUT2D eigenvalue weighted by atomic mass is 32.1. The van der Waals surface area contributed by atoms with Gasteiger partial charge in [-0.1, -0.05) is 6.92 Å². The molecule has 10 heteroatoms. The van der Waals surface area contributed by atoms with Crippen LogP contribution >= 0.6 is 11.3 Å². The van der Waals surface area contributed by atoms with Crippen LogP contribution in [0.25, 0.3) is 0 Å². The van der Waals surface area contributed by atoms with Crippen LogP contribution in [0, 0.1) is 12.8 Å². The van der Waals surface area contributed by atoms with Crippen LogP contribution in [0.5, 0.6) is 0 Å². The number of alkyl halides is 3. The summed E-state index contributed by atoms with van der Waals surface area (Å²) in [7, 11) is 0. The molecular formula is C17H19F3N4O2S. The van der Waals surface area contributed by atoms with Gasteiger partial charge in [-0.25, -0.2) is 0 Å². The van der Waals surface area contributed by atoms with Crippen LogP contribution in [-0.2, 0) is 30.4 Å². The minimum atomic E-state index is -4.57. The molecule has 1 aliphatic rings. The van der Waals surface area contributed by atoms with Gasteiger partial charge in [0.1, 0.15) is 11.5 Å². The second-order valence-electron chi connectivity index (χ2n) is 6.79. The SMILES string of the molecule is Cc1cc(C(F)(F)F)nn1CC(=O)Nc1sc2c(c1C(N)=O)CC[C@@H](C)C2. The van der Waals surface area contributed by atoms with E-state index < -0.39 is 23.7 Å². The number of aryl methyl sites for hydroxylation is 1. The average Bonchev–Trinajstić information content (AvgIpc) is 3.07. The highest BCUT2D eigenvalue weighted by Gasteiger charge is 2.34. The Hall–Kier alpha value is -2.36. The third-order valence-corrected chi connectivity index (χ3v) is 5.75. The summed E-state index contributed by atoms with van der Waals surface area (Å²) >= 11 is 1.30. The van der Waals surface area contributed by atoms with E-state index >= 15 is 0 Å². The van der Waals surface area contributed by atoms with Gasteiger partial charge in [-0.05, 0) is 43.7 Å². The first-order valence-corrected chi connectivity index (χ1v) is 9.23. The zero-order chi connectivity index (χ0) is 19.9. The van der Waals surface area contributed by atoms with Crippen molar-refractivity contribution < 1.29 is 22.8 Å². The number of thiophene rings is 1. The topological polar surface area (TPSA) is 90.0 Å². The van der Waals surface area contributed by atoms with Crippen LogP contribution in [0.1, 0.15) is 45.5 Å². The molecule has 2 amide bonds. The number of hydrogen-bond donors (Lipinski definition) is 2. The van der Waals surface area contributed by atoms with Gasteiger partial charge in [0.2, 0.25) is 5.91 Å². The second-order valence-corrected chi connectivity index (χ2v) is 7.90. The molecule has 0 unspecified atom stereocenters. The second kappa shape index (κ2) is 6.99. The van der Waals surface area contributed by atoms with Gasteiger partial charge in [0.25, 0.3) is 5.91 Å². The Morgan fingerprint density at radius 2 is 2.15 bits per heavy atom. The number of nitrogens with two attached hydrogens (primary N) is 1. The number of primary amides is 1. The number of amides is 2. The van der Waals surface area contributed by atoms with E-state index in [-0.39, 0.29) is 12.2 Å². The molecule has 0 saturated heterocycles. The Labute approximate surface area is 157 Å². The third kappa shape index (κ3) is 4.00. The van der Waals surface area contributed by atoms with Crippen LogP contribution in [0.2, 0.25) is 0 Å². The van der Waals surface area contributed by atoms with Crippen molar-refractivity contribution in [3.63, 3.8) is 0 Å². The van der Waals surface area contributed by atoms with Crippen LogP contribution < -0.4 is 11.1 Å². The summed E-state index contributed by atoms with van der Waals surface area (Å²) in [5, 5.41) is 6.42. The maximum atomic E-state index is 12.7. The molecule has 6 nitrogen and oxygen atoms in total. The van der Waals surface area contributed by atoms with Gasteiger partial charge in [-0.2, -0.15) is 18.3 Å². The molecule has 27 heavy (non-hydrogen) atoms. The van der Waals surface area contributed by atoms with Gasteiger partial charge in [0.05, 0.1) is 5.56 Å². The van der Waals surface area contributed by atoms with E-state index in [0.29, 0.717) is 22.9 Å². The number of nitrogens with one attached hydrogen (secondary N) is 1. The van der Waals surface area contributed by atoms with Crippen molar-refractivity contribution >= 4 is 28.2 Å². The molecule has 0 aromatic carbocycles. The largest absolute Gasteiger partial charge is 0.435 e. The molecular weight excluding hydrogens is 381 g/mol. The summed E-state index contributed by atoms with van der Waals surface area (Å²) in [6, 6.07) is 0.882. The predicted octanol–water partition coefficient (Wildman–Crippen LogP) is 3.13. The van der Waals surface area contributed by atoms with Crippen LogP contribution in [0.15, 0.2) is 6.07 Å². The summed E-state index contributed by atoms with van der Waals surface area (Å²) in [5.74, 6) is -0.705. The van der Waals surface area contributed by atoms with Crippen molar-refractivity contribution in [3.8, 4) is 0 Å². The zero-order valence-corrected chi connectivity index (χ0v) is 15.6. The van der Waals surface area contributed by atoms with Gasteiger partial charge >= 0.3 is 6.18 Å². The van der Waals surface area contributed by atoms with Crippen molar-refractivity contribution in [2.75, 3.05) is 5.32 Å². The highest BCUT2D eigenvalue weighted by Crippen LogP contribution is 2.39. The maximum absolute atomic E-state index is 12.7. The zero-order valence-electron chi connectivity index (χ0n) is 14.8. The number of anilines is 1. The fourth-order valence-corrected chi connectivity index (χ4v) is 4.64. The number of aromatic nitrogens is 2. The number of nitrogens with zero attached hydrogens (tertiary/aromatic N) is 2. The molecule has 3 rings (SSSR count). The smallest absolute Gasteiger partial charge is 0.365 e. The fourth-order valence-electron chi connectivity index (χ4n) is 3.21. The number of rotatable bonds is 4. The van der Waals surface area contributed by atoms with E-state index in [2.05, 4.69) is 17.3 Å². The standard InChI is InChI=1S/C17H19F3N4O2S/c1-8-3-4-10-11(5-8)27-16(14(10)15(21)26)22-13(25)7-24-9(2)6-12(23-24)17(18,19)20/h6,8H,3-5,7H2,1-2H3,(H2,21,26)(H,22,25)/t8-/m1/s1. The molecule has 0 saturated carbocycles. The number of hydrogen-bond acceptors (Lipinski definition) is 4. The molecule has 2 aromatic rings. The number of carbonyl (C=O) groups is 2. The third-order valence-electron chi connectivity index (χ3n) is 4.58. The Morgan fingerprint density at radius 1 is 1.44 bits per heavy atom. The minimum Gasteiger partial charge on any atom is -0.365 e. The van der Waals surface area contributed by atoms with Crippen LogP contribution in [0.4, 0.5) is 18.2 Å². The predicted molar refractivity (Wildman–Crippen MR) is 94.6 cm³/mol. The lowest BCUT2D eigenvalue weighted by molar-refractivity contribution is -0.141. The molecule has 1 aliphatic carbocycles. The van der Waals surface area contributed by atoms with E-state index in [9.17, 15) is 22.8 Å². The van der Waals surface area contributed by atoms with E-state index in [1.54, 1.807) is 0 Å². The monoisotopic (exact) mass is 400 g/mol. The molecule has 1 atom stereocenters. The Kier molecular flexibility index (Phi) is 5.02. The number of halogens is 3. The Morgan fingerprint density at radius 3 is 2.74 bits per heavy atom. The summed E-state index contributed by atoms with van der Waals surface area (Å²) < 4.78 is 39.2. The first-order chi connectivity index (χ1) is 12.6. The molecule has 0 aliphatic heterocycles. The highest BCUT2D eigenvalue weighted by molar-refractivity contribution is 7.17.